The number of hydrogen-bond acceptors (Lipinski definition) is 7. The number of hydrogen-bond donors (Lipinski definition) is 4. The number of ether oxygens (including phenoxy) is 1. The van der Waals surface area contributed by atoms with Crippen molar-refractivity contribution in [1.82, 2.24) is 15.3 Å². The first-order valence-electron chi connectivity index (χ1n) is 12.3. The lowest BCUT2D eigenvalue weighted by molar-refractivity contribution is -0.120. The molecule has 2 amide bonds. The molecule has 3 heterocycles. The Morgan fingerprint density at radius 2 is 2.00 bits per heavy atom. The Kier molecular flexibility index (Phi) is 6.45. The molecule has 194 valence electrons. The summed E-state index contributed by atoms with van der Waals surface area (Å²) in [5.41, 5.74) is 8.39. The van der Waals surface area contributed by atoms with Gasteiger partial charge in [-0.25, -0.2) is 19.2 Å². The zero-order valence-electron chi connectivity index (χ0n) is 20.7. The van der Waals surface area contributed by atoms with E-state index in [1.807, 2.05) is 6.92 Å². The van der Waals surface area contributed by atoms with Crippen LogP contribution in [0.15, 0.2) is 24.5 Å². The molecule has 0 radical (unpaired) electrons. The van der Waals surface area contributed by atoms with Crippen molar-refractivity contribution >= 4 is 40.0 Å². The van der Waals surface area contributed by atoms with Crippen molar-refractivity contribution in [2.24, 2.45) is 0 Å². The highest BCUT2D eigenvalue weighted by atomic mass is 19.1. The van der Waals surface area contributed by atoms with Gasteiger partial charge in [0.1, 0.15) is 18.1 Å². The Balaban J connectivity index is 1.61. The fourth-order valence-corrected chi connectivity index (χ4v) is 5.37. The molecule has 10 nitrogen and oxygen atoms in total. The maximum absolute atomic E-state index is 15.5. The third-order valence-electron chi connectivity index (χ3n) is 7.12. The minimum absolute atomic E-state index is 0.0801. The van der Waals surface area contributed by atoms with Gasteiger partial charge in [-0.05, 0) is 42.8 Å². The Morgan fingerprint density at radius 3 is 2.76 bits per heavy atom. The molecule has 2 aliphatic rings. The molecule has 0 unspecified atom stereocenters. The number of carbonyl (C=O) groups excluding carboxylic acids is 1. The Labute approximate surface area is 213 Å². The summed E-state index contributed by atoms with van der Waals surface area (Å²) in [6.45, 7) is 4.38. The van der Waals surface area contributed by atoms with Gasteiger partial charge in [-0.15, -0.1) is 0 Å². The van der Waals surface area contributed by atoms with Crippen molar-refractivity contribution in [1.29, 1.82) is 0 Å². The summed E-state index contributed by atoms with van der Waals surface area (Å²) in [5, 5.41) is 17.2. The lowest BCUT2D eigenvalue weighted by Gasteiger charge is -2.38. The van der Waals surface area contributed by atoms with E-state index in [1.165, 1.54) is 18.0 Å². The van der Waals surface area contributed by atoms with E-state index in [2.05, 4.69) is 20.6 Å². The first-order chi connectivity index (χ1) is 17.8. The molecule has 37 heavy (non-hydrogen) atoms. The number of aromatic nitrogens is 2. The number of anilines is 3. The van der Waals surface area contributed by atoms with Crippen molar-refractivity contribution in [3.05, 3.63) is 35.9 Å². The number of pyridine rings is 2. The molecule has 3 aromatic rings. The molecule has 1 fully saturated rings. The maximum atomic E-state index is 15.5. The summed E-state index contributed by atoms with van der Waals surface area (Å²) in [5.74, 6) is -0.159. The molecule has 11 heteroatoms. The Hall–Kier alpha value is -4.15. The molecule has 1 aliphatic heterocycles. The molecular weight excluding hydrogens is 479 g/mol. The van der Waals surface area contributed by atoms with Crippen molar-refractivity contribution in [3.63, 3.8) is 0 Å². The van der Waals surface area contributed by atoms with Crippen LogP contribution in [0.4, 0.5) is 26.4 Å². The second kappa shape index (κ2) is 9.72. The summed E-state index contributed by atoms with van der Waals surface area (Å²) in [6, 6.07) is 2.44. The van der Waals surface area contributed by atoms with Crippen molar-refractivity contribution in [2.45, 2.75) is 51.6 Å². The van der Waals surface area contributed by atoms with Gasteiger partial charge in [0.25, 0.3) is 0 Å². The van der Waals surface area contributed by atoms with E-state index in [1.54, 1.807) is 18.3 Å². The van der Waals surface area contributed by atoms with Crippen LogP contribution in [0.25, 0.3) is 21.9 Å². The van der Waals surface area contributed by atoms with Gasteiger partial charge in [-0.3, -0.25) is 9.69 Å². The minimum Gasteiger partial charge on any atom is -0.474 e. The molecule has 0 saturated heterocycles. The number of nitrogen functional groups attached to an aromatic ring is 1. The molecule has 0 spiro atoms. The van der Waals surface area contributed by atoms with Gasteiger partial charge in [-0.1, -0.05) is 12.8 Å². The summed E-state index contributed by atoms with van der Waals surface area (Å²) >= 11 is 0. The number of fused-ring (bicyclic) bond motifs is 2. The van der Waals surface area contributed by atoms with E-state index in [4.69, 9.17) is 10.5 Å². The second-order valence-corrected chi connectivity index (χ2v) is 9.48. The van der Waals surface area contributed by atoms with Crippen LogP contribution in [0.5, 0.6) is 5.88 Å². The largest absolute Gasteiger partial charge is 0.474 e. The van der Waals surface area contributed by atoms with Crippen LogP contribution in [0.2, 0.25) is 0 Å². The van der Waals surface area contributed by atoms with Crippen LogP contribution >= 0.6 is 0 Å². The third kappa shape index (κ3) is 4.45. The molecule has 2 aromatic heterocycles. The van der Waals surface area contributed by atoms with Crippen molar-refractivity contribution in [3.8, 4) is 17.0 Å². The zero-order chi connectivity index (χ0) is 26.3. The summed E-state index contributed by atoms with van der Waals surface area (Å²) < 4.78 is 21.1. The van der Waals surface area contributed by atoms with E-state index in [0.29, 0.717) is 53.9 Å². The number of nitrogens with zero attached hydrogens (tertiary/aromatic N) is 3. The first kappa shape index (κ1) is 24.5. The summed E-state index contributed by atoms with van der Waals surface area (Å²) in [4.78, 5) is 34.1. The average Bonchev–Trinajstić information content (AvgIpc) is 2.87. The molecule has 5 rings (SSSR count). The van der Waals surface area contributed by atoms with Gasteiger partial charge in [-0.2, -0.15) is 0 Å². The normalized spacial score (nSPS) is 18.9. The van der Waals surface area contributed by atoms with E-state index in [0.717, 1.165) is 18.4 Å². The number of benzene rings is 1. The monoisotopic (exact) mass is 508 g/mol. The maximum Gasteiger partial charge on any atom is 0.413 e. The molecule has 5 N–H and O–H groups in total. The van der Waals surface area contributed by atoms with Crippen LogP contribution in [-0.2, 0) is 4.79 Å². The molecule has 1 aliphatic carbocycles. The van der Waals surface area contributed by atoms with Crippen LogP contribution in [0.1, 0.15) is 38.2 Å². The highest BCUT2D eigenvalue weighted by Gasteiger charge is 2.35. The number of amides is 2. The van der Waals surface area contributed by atoms with Crippen molar-refractivity contribution in [2.75, 3.05) is 29.1 Å². The second-order valence-electron chi connectivity index (χ2n) is 9.48. The molecule has 2 atom stereocenters. The van der Waals surface area contributed by atoms with Crippen LogP contribution < -0.4 is 26.0 Å². The highest BCUT2D eigenvalue weighted by molar-refractivity contribution is 6.00. The van der Waals surface area contributed by atoms with E-state index in [-0.39, 0.29) is 29.0 Å². The predicted molar refractivity (Wildman–Crippen MR) is 138 cm³/mol. The van der Waals surface area contributed by atoms with Gasteiger partial charge in [0, 0.05) is 48.4 Å². The number of rotatable bonds is 4. The third-order valence-corrected chi connectivity index (χ3v) is 7.12. The Morgan fingerprint density at radius 1 is 1.22 bits per heavy atom. The predicted octanol–water partition coefficient (Wildman–Crippen LogP) is 4.06. The highest BCUT2D eigenvalue weighted by Crippen LogP contribution is 2.40. The quantitative estimate of drug-likeness (QED) is 0.387. The standard InChI is InChI=1S/C26H29FN6O4/c1-13-17(11-31-25-24(13)29-7-8-37-25)16-9-15-10-21(30-12-18(15)23(28)22(16)27)33(26(35)36)20-6-4-3-5-19(20)32-14(2)34/h9-12,19-20,29H,3-8,28H2,1-2H3,(H,32,34)(H,35,36)/t19-,20-/m1/s1. The van der Waals surface area contributed by atoms with Crippen LogP contribution in [-0.4, -0.2) is 52.3 Å². The molecule has 1 aromatic carbocycles. The van der Waals surface area contributed by atoms with Gasteiger partial charge >= 0.3 is 6.09 Å². The van der Waals surface area contributed by atoms with Crippen molar-refractivity contribution < 1.29 is 23.8 Å². The number of halogens is 1. The number of nitrogens with two attached hydrogens (primary N) is 1. The SMILES string of the molecule is CC(=O)N[C@@H]1CCCC[C@H]1N(C(=O)O)c1cc2cc(-c3cnc4c(c3C)NCCO4)c(F)c(N)c2cn1. The lowest BCUT2D eigenvalue weighted by Crippen LogP contribution is -2.55. The number of carboxylic acid groups (broad SMARTS) is 1. The average molecular weight is 509 g/mol. The zero-order valence-corrected chi connectivity index (χ0v) is 20.7. The fourth-order valence-electron chi connectivity index (χ4n) is 5.37. The van der Waals surface area contributed by atoms with Gasteiger partial charge in [0.2, 0.25) is 11.8 Å². The minimum atomic E-state index is -1.18. The summed E-state index contributed by atoms with van der Waals surface area (Å²) in [7, 11) is 0. The molecular formula is C26H29FN6O4. The van der Waals surface area contributed by atoms with E-state index >= 15 is 4.39 Å². The fraction of sp³-hybridized carbons (Fsp3) is 0.385. The van der Waals surface area contributed by atoms with Gasteiger partial charge in [0.15, 0.2) is 5.82 Å². The van der Waals surface area contributed by atoms with Crippen LogP contribution in [0, 0.1) is 12.7 Å². The van der Waals surface area contributed by atoms with E-state index in [9.17, 15) is 14.7 Å². The van der Waals surface area contributed by atoms with Crippen LogP contribution in [0.3, 0.4) is 0 Å². The van der Waals surface area contributed by atoms with Gasteiger partial charge in [0.05, 0.1) is 11.7 Å². The number of carbonyl (C=O) groups is 2. The van der Waals surface area contributed by atoms with Gasteiger partial charge < -0.3 is 26.2 Å². The first-order valence-corrected chi connectivity index (χ1v) is 12.3. The smallest absolute Gasteiger partial charge is 0.413 e. The summed E-state index contributed by atoms with van der Waals surface area (Å²) in [6.07, 6.45) is 4.76. The molecule has 1 saturated carbocycles. The van der Waals surface area contributed by atoms with E-state index < -0.39 is 18.0 Å². The topological polar surface area (TPSA) is 143 Å². The Bertz CT molecular complexity index is 1400. The lowest BCUT2D eigenvalue weighted by atomic mass is 9.89. The number of nitrogens with one attached hydrogen (secondary N) is 2. The molecule has 0 bridgehead atoms.